The Balaban J connectivity index is 2.03. The van der Waals surface area contributed by atoms with Crippen LogP contribution in [0.5, 0.6) is 0 Å². The van der Waals surface area contributed by atoms with Crippen LogP contribution in [0.25, 0.3) is 11.3 Å². The van der Waals surface area contributed by atoms with E-state index in [1.54, 1.807) is 0 Å². The Morgan fingerprint density at radius 2 is 1.55 bits per heavy atom. The molecule has 0 unspecified atom stereocenters. The smallest absolute Gasteiger partial charge is 0.450 e. The zero-order valence-electron chi connectivity index (χ0n) is 14.2. The van der Waals surface area contributed by atoms with Crippen LogP contribution in [0, 0.1) is 0 Å². The van der Waals surface area contributed by atoms with E-state index >= 15 is 0 Å². The molecule has 0 aliphatic carbocycles. The van der Waals surface area contributed by atoms with Crippen LogP contribution < -0.4 is 5.32 Å². The van der Waals surface area contributed by atoms with E-state index in [2.05, 4.69) is 5.32 Å². The number of carbonyl (C=O) groups is 2. The van der Waals surface area contributed by atoms with Crippen LogP contribution in [0.4, 0.5) is 18.9 Å². The highest BCUT2D eigenvalue weighted by atomic mass is 35.5. The van der Waals surface area contributed by atoms with Crippen molar-refractivity contribution in [3.63, 3.8) is 0 Å². The SMILES string of the molecule is O=C(O)c1ccc(Cl)cc1NC(=O)c1cc(-c2ccc(Cl)cc2)oc1C(F)(F)F. The normalized spacial score (nSPS) is 11.3. The molecule has 2 aromatic carbocycles. The number of hydrogen-bond acceptors (Lipinski definition) is 3. The monoisotopic (exact) mass is 443 g/mol. The van der Waals surface area contributed by atoms with Gasteiger partial charge in [0.1, 0.15) is 5.76 Å². The standard InChI is InChI=1S/C19H10Cl2F3NO4/c20-10-3-1-9(2-4-10)15-8-13(16(29-15)19(22,23)24)17(26)25-14-7-11(21)5-6-12(14)18(27)28/h1-8H,(H,25,26)(H,27,28). The number of carboxylic acids is 1. The van der Waals surface area contributed by atoms with E-state index in [4.69, 9.17) is 27.6 Å². The maximum absolute atomic E-state index is 13.4. The molecule has 0 fully saturated rings. The molecular weight excluding hydrogens is 434 g/mol. The number of aromatic carboxylic acids is 1. The fourth-order valence-electron chi connectivity index (χ4n) is 2.52. The molecule has 0 saturated heterocycles. The van der Waals surface area contributed by atoms with Gasteiger partial charge in [-0.3, -0.25) is 4.79 Å². The molecule has 10 heteroatoms. The summed E-state index contributed by atoms with van der Waals surface area (Å²) < 4.78 is 45.1. The van der Waals surface area contributed by atoms with Crippen molar-refractivity contribution in [3.05, 3.63) is 75.5 Å². The van der Waals surface area contributed by atoms with Crippen molar-refractivity contribution in [1.29, 1.82) is 0 Å². The van der Waals surface area contributed by atoms with E-state index in [0.29, 0.717) is 5.02 Å². The molecule has 0 saturated carbocycles. The van der Waals surface area contributed by atoms with Crippen LogP contribution in [0.15, 0.2) is 52.9 Å². The highest BCUT2D eigenvalue weighted by Gasteiger charge is 2.40. The van der Waals surface area contributed by atoms with Crippen molar-refractivity contribution in [2.75, 3.05) is 5.32 Å². The van der Waals surface area contributed by atoms with Gasteiger partial charge in [-0.15, -0.1) is 0 Å². The van der Waals surface area contributed by atoms with Gasteiger partial charge in [-0.05, 0) is 48.5 Å². The Kier molecular flexibility index (Phi) is 5.59. The molecule has 1 aromatic heterocycles. The second kappa shape index (κ2) is 7.81. The Labute approximate surface area is 171 Å². The lowest BCUT2D eigenvalue weighted by Gasteiger charge is -2.10. The number of alkyl halides is 3. The maximum Gasteiger partial charge on any atom is 0.450 e. The number of furan rings is 1. The summed E-state index contributed by atoms with van der Waals surface area (Å²) in [6, 6.07) is 10.2. The predicted octanol–water partition coefficient (Wildman–Crippen LogP) is 6.22. The highest BCUT2D eigenvalue weighted by molar-refractivity contribution is 6.31. The number of carboxylic acid groups (broad SMARTS) is 1. The van der Waals surface area contributed by atoms with E-state index in [0.717, 1.165) is 18.2 Å². The second-order valence-electron chi connectivity index (χ2n) is 5.81. The van der Waals surface area contributed by atoms with Gasteiger partial charge in [-0.1, -0.05) is 23.2 Å². The number of benzene rings is 2. The van der Waals surface area contributed by atoms with Gasteiger partial charge < -0.3 is 14.8 Å². The minimum absolute atomic E-state index is 0.0930. The Morgan fingerprint density at radius 1 is 0.931 bits per heavy atom. The molecule has 0 spiro atoms. The summed E-state index contributed by atoms with van der Waals surface area (Å²) in [6.07, 6.45) is -4.96. The lowest BCUT2D eigenvalue weighted by molar-refractivity contribution is -0.153. The number of hydrogen-bond donors (Lipinski definition) is 2. The summed E-state index contributed by atoms with van der Waals surface area (Å²) >= 11 is 11.6. The molecule has 1 amide bonds. The number of amides is 1. The van der Waals surface area contributed by atoms with Crippen LogP contribution in [0.2, 0.25) is 10.0 Å². The number of anilines is 1. The summed E-state index contributed by atoms with van der Waals surface area (Å²) in [5.74, 6) is -4.31. The van der Waals surface area contributed by atoms with Crippen molar-refractivity contribution >= 4 is 40.8 Å². The second-order valence-corrected chi connectivity index (χ2v) is 6.68. The summed E-state index contributed by atoms with van der Waals surface area (Å²) in [7, 11) is 0. The molecule has 0 radical (unpaired) electrons. The third-order valence-electron chi connectivity index (χ3n) is 3.82. The molecule has 29 heavy (non-hydrogen) atoms. The van der Waals surface area contributed by atoms with Crippen molar-refractivity contribution in [2.45, 2.75) is 6.18 Å². The zero-order valence-corrected chi connectivity index (χ0v) is 15.7. The molecule has 0 aliphatic heterocycles. The number of carbonyl (C=O) groups excluding carboxylic acids is 1. The van der Waals surface area contributed by atoms with Gasteiger partial charge in [0.15, 0.2) is 0 Å². The first kappa shape index (κ1) is 20.8. The van der Waals surface area contributed by atoms with Gasteiger partial charge in [0, 0.05) is 15.6 Å². The summed E-state index contributed by atoms with van der Waals surface area (Å²) in [6.45, 7) is 0. The quantitative estimate of drug-likeness (QED) is 0.501. The average Bonchev–Trinajstić information content (AvgIpc) is 3.08. The Hall–Kier alpha value is -2.97. The van der Waals surface area contributed by atoms with Crippen molar-refractivity contribution < 1.29 is 32.3 Å². The molecule has 2 N–H and O–H groups in total. The molecule has 0 bridgehead atoms. The minimum Gasteiger partial charge on any atom is -0.478 e. The van der Waals surface area contributed by atoms with E-state index in [1.807, 2.05) is 0 Å². The molecule has 3 aromatic rings. The Bertz CT molecular complexity index is 1090. The van der Waals surface area contributed by atoms with Gasteiger partial charge in [0.25, 0.3) is 5.91 Å². The van der Waals surface area contributed by atoms with E-state index in [9.17, 15) is 27.9 Å². The number of rotatable bonds is 4. The lowest BCUT2D eigenvalue weighted by atomic mass is 10.1. The molecule has 150 valence electrons. The average molecular weight is 444 g/mol. The molecular formula is C19H10Cl2F3NO4. The van der Waals surface area contributed by atoms with Crippen LogP contribution in [-0.4, -0.2) is 17.0 Å². The first-order valence-corrected chi connectivity index (χ1v) is 8.63. The topological polar surface area (TPSA) is 79.5 Å². The maximum atomic E-state index is 13.4. The van der Waals surface area contributed by atoms with Crippen molar-refractivity contribution in [2.24, 2.45) is 0 Å². The van der Waals surface area contributed by atoms with E-state index in [-0.39, 0.29) is 27.6 Å². The largest absolute Gasteiger partial charge is 0.478 e. The van der Waals surface area contributed by atoms with Crippen LogP contribution in [0.1, 0.15) is 26.5 Å². The van der Waals surface area contributed by atoms with Gasteiger partial charge in [0.2, 0.25) is 5.76 Å². The summed E-state index contributed by atoms with van der Waals surface area (Å²) in [5, 5.41) is 11.8. The first-order valence-electron chi connectivity index (χ1n) is 7.87. The summed E-state index contributed by atoms with van der Waals surface area (Å²) in [4.78, 5) is 23.8. The van der Waals surface area contributed by atoms with Gasteiger partial charge in [-0.25, -0.2) is 4.79 Å². The van der Waals surface area contributed by atoms with E-state index < -0.39 is 29.4 Å². The van der Waals surface area contributed by atoms with Gasteiger partial charge in [-0.2, -0.15) is 13.2 Å². The molecule has 1 heterocycles. The fraction of sp³-hybridized carbons (Fsp3) is 0.0526. The number of nitrogens with one attached hydrogen (secondary N) is 1. The molecule has 0 atom stereocenters. The van der Waals surface area contributed by atoms with Crippen molar-refractivity contribution in [3.8, 4) is 11.3 Å². The predicted molar refractivity (Wildman–Crippen MR) is 101 cm³/mol. The summed E-state index contributed by atoms with van der Waals surface area (Å²) in [5.41, 5.74) is -1.12. The third kappa shape index (κ3) is 4.55. The third-order valence-corrected chi connectivity index (χ3v) is 4.31. The zero-order chi connectivity index (χ0) is 21.3. The Morgan fingerprint density at radius 3 is 2.14 bits per heavy atom. The molecule has 5 nitrogen and oxygen atoms in total. The van der Waals surface area contributed by atoms with Crippen LogP contribution in [-0.2, 0) is 6.18 Å². The van der Waals surface area contributed by atoms with Crippen LogP contribution in [0.3, 0.4) is 0 Å². The van der Waals surface area contributed by atoms with Gasteiger partial charge in [0.05, 0.1) is 16.8 Å². The van der Waals surface area contributed by atoms with Crippen LogP contribution >= 0.6 is 23.2 Å². The van der Waals surface area contributed by atoms with E-state index in [1.165, 1.54) is 30.3 Å². The molecule has 3 rings (SSSR count). The highest BCUT2D eigenvalue weighted by Crippen LogP contribution is 2.38. The van der Waals surface area contributed by atoms with Gasteiger partial charge >= 0.3 is 12.1 Å². The lowest BCUT2D eigenvalue weighted by Crippen LogP contribution is -2.18. The first-order chi connectivity index (χ1) is 13.6. The number of halogens is 5. The molecule has 0 aliphatic rings. The minimum atomic E-state index is -4.96. The fourth-order valence-corrected chi connectivity index (χ4v) is 2.82. The van der Waals surface area contributed by atoms with Crippen molar-refractivity contribution in [1.82, 2.24) is 0 Å².